The van der Waals surface area contributed by atoms with Crippen molar-refractivity contribution in [3.05, 3.63) is 0 Å². The molecule has 3 heteroatoms. The van der Waals surface area contributed by atoms with Gasteiger partial charge in [0.15, 0.2) is 0 Å². The zero-order chi connectivity index (χ0) is 11.7. The molecule has 0 aromatic heterocycles. The van der Waals surface area contributed by atoms with Crippen LogP contribution in [0, 0.1) is 0 Å². The zero-order valence-corrected chi connectivity index (χ0v) is 10.4. The van der Waals surface area contributed by atoms with Crippen LogP contribution in [-0.4, -0.2) is 42.6 Å². The summed E-state index contributed by atoms with van der Waals surface area (Å²) in [5.74, 6) is 0. The van der Waals surface area contributed by atoms with Crippen molar-refractivity contribution in [1.82, 2.24) is 4.90 Å². The molecule has 0 rings (SSSR count). The number of carbonyl (C=O) groups excluding carboxylic acids is 1. The summed E-state index contributed by atoms with van der Waals surface area (Å²) >= 11 is 0. The minimum absolute atomic E-state index is 0.382. The van der Waals surface area contributed by atoms with Gasteiger partial charge in [-0.15, -0.1) is 0 Å². The quantitative estimate of drug-likeness (QED) is 0.456. The van der Waals surface area contributed by atoms with E-state index in [1.165, 1.54) is 0 Å². The van der Waals surface area contributed by atoms with E-state index in [1.807, 2.05) is 6.21 Å². The number of aldehydes is 1. The fraction of sp³-hybridized carbons (Fsp3) is 0.833. The van der Waals surface area contributed by atoms with Crippen molar-refractivity contribution in [2.75, 3.05) is 13.1 Å². The Morgan fingerprint density at radius 3 is 2.20 bits per heavy atom. The summed E-state index contributed by atoms with van der Waals surface area (Å²) < 4.78 is 0. The third kappa shape index (κ3) is 8.30. The monoisotopic (exact) mass is 212 g/mol. The molecule has 0 amide bonds. The second-order valence-electron chi connectivity index (χ2n) is 4.30. The molecule has 0 aliphatic carbocycles. The van der Waals surface area contributed by atoms with Crippen molar-refractivity contribution in [3.63, 3.8) is 0 Å². The Labute approximate surface area is 93.6 Å². The van der Waals surface area contributed by atoms with Gasteiger partial charge >= 0.3 is 0 Å². The maximum Gasteiger partial charge on any atom is 0.121 e. The summed E-state index contributed by atoms with van der Waals surface area (Å²) in [7, 11) is 0. The average molecular weight is 212 g/mol. The Morgan fingerprint density at radius 1 is 1.13 bits per heavy atom. The van der Waals surface area contributed by atoms with E-state index in [2.05, 4.69) is 37.6 Å². The van der Waals surface area contributed by atoms with E-state index in [0.29, 0.717) is 18.5 Å². The second-order valence-corrected chi connectivity index (χ2v) is 4.30. The van der Waals surface area contributed by atoms with E-state index in [0.717, 1.165) is 25.8 Å². The lowest BCUT2D eigenvalue weighted by atomic mass is 10.2. The van der Waals surface area contributed by atoms with Gasteiger partial charge in [0.05, 0.1) is 0 Å². The highest BCUT2D eigenvalue weighted by molar-refractivity contribution is 5.57. The Balaban J connectivity index is 3.80. The van der Waals surface area contributed by atoms with Crippen LogP contribution in [0.4, 0.5) is 0 Å². The highest BCUT2D eigenvalue weighted by atomic mass is 16.1. The molecule has 0 saturated heterocycles. The Bertz CT molecular complexity index is 188. The van der Waals surface area contributed by atoms with Crippen LogP contribution in [0.3, 0.4) is 0 Å². The summed E-state index contributed by atoms with van der Waals surface area (Å²) in [6, 6.07) is 0.880. The van der Waals surface area contributed by atoms with E-state index in [1.54, 1.807) is 0 Å². The fourth-order valence-corrected chi connectivity index (χ4v) is 1.36. The molecule has 0 radical (unpaired) electrons. The molecule has 0 atom stereocenters. The van der Waals surface area contributed by atoms with Crippen LogP contribution in [-0.2, 0) is 4.79 Å². The summed E-state index contributed by atoms with van der Waals surface area (Å²) in [4.78, 5) is 16.9. The summed E-state index contributed by atoms with van der Waals surface area (Å²) in [6.45, 7) is 10.3. The molecule has 0 fully saturated rings. The molecule has 0 aliphatic heterocycles. The van der Waals surface area contributed by atoms with Crippen LogP contribution in [0.15, 0.2) is 4.99 Å². The van der Waals surface area contributed by atoms with E-state index in [4.69, 9.17) is 0 Å². The van der Waals surface area contributed by atoms with Gasteiger partial charge in [-0.1, -0.05) is 0 Å². The van der Waals surface area contributed by atoms with Crippen LogP contribution >= 0.6 is 0 Å². The van der Waals surface area contributed by atoms with Crippen molar-refractivity contribution in [3.8, 4) is 0 Å². The maximum atomic E-state index is 10.3. The molecule has 0 saturated carbocycles. The van der Waals surface area contributed by atoms with Gasteiger partial charge in [0.25, 0.3) is 0 Å². The number of aliphatic imine (C=N–C) groups is 1. The molecule has 0 N–H and O–H groups in total. The molecule has 0 bridgehead atoms. The van der Waals surface area contributed by atoms with E-state index in [-0.39, 0.29) is 0 Å². The Hall–Kier alpha value is -0.700. The Kier molecular flexibility index (Phi) is 8.19. The predicted molar refractivity (Wildman–Crippen MR) is 65.6 cm³/mol. The standard InChI is InChI=1S/C12H24N2O/c1-11(2)13-7-5-8-14(12(3)4)9-6-10-15/h7,10-12H,5-6,8-9H2,1-4H3. The molecule has 0 aliphatic rings. The largest absolute Gasteiger partial charge is 0.303 e. The lowest BCUT2D eigenvalue weighted by molar-refractivity contribution is -0.108. The highest BCUT2D eigenvalue weighted by Crippen LogP contribution is 2.00. The lowest BCUT2D eigenvalue weighted by Crippen LogP contribution is -2.33. The van der Waals surface area contributed by atoms with Crippen molar-refractivity contribution in [1.29, 1.82) is 0 Å². The number of carbonyl (C=O) groups is 1. The molecule has 3 nitrogen and oxygen atoms in total. The lowest BCUT2D eigenvalue weighted by Gasteiger charge is -2.24. The third-order valence-electron chi connectivity index (χ3n) is 2.21. The summed E-state index contributed by atoms with van der Waals surface area (Å²) in [6.07, 6.45) is 4.56. The zero-order valence-electron chi connectivity index (χ0n) is 10.4. The highest BCUT2D eigenvalue weighted by Gasteiger charge is 2.07. The minimum Gasteiger partial charge on any atom is -0.303 e. The number of rotatable bonds is 8. The van der Waals surface area contributed by atoms with Gasteiger partial charge in [-0.2, -0.15) is 0 Å². The van der Waals surface area contributed by atoms with Crippen molar-refractivity contribution < 1.29 is 4.79 Å². The van der Waals surface area contributed by atoms with Crippen LogP contribution in [0.2, 0.25) is 0 Å². The first kappa shape index (κ1) is 14.3. The number of nitrogens with zero attached hydrogens (tertiary/aromatic N) is 2. The van der Waals surface area contributed by atoms with E-state index < -0.39 is 0 Å². The van der Waals surface area contributed by atoms with Gasteiger partial charge in [0.1, 0.15) is 6.29 Å². The van der Waals surface area contributed by atoms with Crippen LogP contribution in [0.5, 0.6) is 0 Å². The van der Waals surface area contributed by atoms with Crippen LogP contribution in [0.25, 0.3) is 0 Å². The summed E-state index contributed by atoms with van der Waals surface area (Å²) in [5.41, 5.74) is 0. The van der Waals surface area contributed by atoms with Gasteiger partial charge in [-0.3, -0.25) is 4.99 Å². The van der Waals surface area contributed by atoms with Gasteiger partial charge in [-0.25, -0.2) is 0 Å². The molecule has 0 spiro atoms. The van der Waals surface area contributed by atoms with Crippen LogP contribution in [0.1, 0.15) is 40.5 Å². The van der Waals surface area contributed by atoms with Gasteiger partial charge < -0.3 is 9.69 Å². The summed E-state index contributed by atoms with van der Waals surface area (Å²) in [5, 5.41) is 0. The minimum atomic E-state index is 0.382. The molecule has 88 valence electrons. The molecule has 0 aromatic carbocycles. The number of hydrogen-bond donors (Lipinski definition) is 0. The fourth-order valence-electron chi connectivity index (χ4n) is 1.36. The van der Waals surface area contributed by atoms with Gasteiger partial charge in [0.2, 0.25) is 0 Å². The third-order valence-corrected chi connectivity index (χ3v) is 2.21. The number of hydrogen-bond acceptors (Lipinski definition) is 3. The molecular formula is C12H24N2O. The Morgan fingerprint density at radius 2 is 1.73 bits per heavy atom. The first-order chi connectivity index (χ1) is 7.07. The van der Waals surface area contributed by atoms with Gasteiger partial charge in [-0.05, 0) is 34.1 Å². The smallest absolute Gasteiger partial charge is 0.121 e. The molecular weight excluding hydrogens is 188 g/mol. The van der Waals surface area contributed by atoms with E-state index >= 15 is 0 Å². The predicted octanol–water partition coefficient (Wildman–Crippen LogP) is 2.16. The van der Waals surface area contributed by atoms with Crippen molar-refractivity contribution >= 4 is 12.5 Å². The van der Waals surface area contributed by atoms with Crippen molar-refractivity contribution in [2.45, 2.75) is 52.6 Å². The first-order valence-corrected chi connectivity index (χ1v) is 5.77. The SMILES string of the molecule is CC(C)N=CCCN(CCC=O)C(C)C. The van der Waals surface area contributed by atoms with Gasteiger partial charge in [0, 0.05) is 37.8 Å². The van der Waals surface area contributed by atoms with Crippen molar-refractivity contribution in [2.24, 2.45) is 4.99 Å². The topological polar surface area (TPSA) is 32.7 Å². The normalized spacial score (nSPS) is 12.2. The van der Waals surface area contributed by atoms with Crippen LogP contribution < -0.4 is 0 Å². The van der Waals surface area contributed by atoms with E-state index in [9.17, 15) is 4.79 Å². The molecule has 15 heavy (non-hydrogen) atoms. The molecule has 0 heterocycles. The average Bonchev–Trinajstić information content (AvgIpc) is 2.15. The molecule has 0 unspecified atom stereocenters. The molecule has 0 aromatic rings. The first-order valence-electron chi connectivity index (χ1n) is 5.77. The second kappa shape index (κ2) is 8.60. The maximum absolute atomic E-state index is 10.3.